The lowest BCUT2D eigenvalue weighted by Crippen LogP contribution is -2.17. The molecule has 2 nitrogen and oxygen atoms in total. The number of allylic oxidation sites excluding steroid dienone is 4. The van der Waals surface area contributed by atoms with Gasteiger partial charge in [0, 0.05) is 13.6 Å². The molecule has 2 atom stereocenters. The third kappa shape index (κ3) is 2.04. The van der Waals surface area contributed by atoms with Crippen LogP contribution in [-0.2, 0) is 0 Å². The fourth-order valence-corrected chi connectivity index (χ4v) is 4.85. The largest absolute Gasteiger partial charge is 0.464 e. The van der Waals surface area contributed by atoms with Crippen molar-refractivity contribution in [3.63, 3.8) is 0 Å². The minimum absolute atomic E-state index is 0.354. The minimum atomic E-state index is -0.627. The van der Waals surface area contributed by atoms with Crippen LogP contribution in [0.2, 0.25) is 0 Å². The highest BCUT2D eigenvalue weighted by molar-refractivity contribution is 7.73. The van der Waals surface area contributed by atoms with Gasteiger partial charge in [0.1, 0.15) is 11.0 Å². The van der Waals surface area contributed by atoms with Crippen LogP contribution in [0.15, 0.2) is 69.2 Å². The van der Waals surface area contributed by atoms with Crippen LogP contribution in [0.5, 0.6) is 0 Å². The Morgan fingerprint density at radius 1 is 1.06 bits per heavy atom. The molecule has 0 saturated heterocycles. The van der Waals surface area contributed by atoms with E-state index in [2.05, 4.69) is 27.5 Å². The van der Waals surface area contributed by atoms with Crippen LogP contribution in [0.1, 0.15) is 0 Å². The summed E-state index contributed by atoms with van der Waals surface area (Å²) in [4.78, 5) is 0. The maximum absolute atomic E-state index is 5.58. The smallest absolute Gasteiger partial charge is 0.134 e. The predicted molar refractivity (Wildman–Crippen MR) is 74.3 cm³/mol. The number of hydrogen-bond acceptors (Lipinski definition) is 2. The van der Waals surface area contributed by atoms with Crippen LogP contribution in [0, 0.1) is 0 Å². The van der Waals surface area contributed by atoms with Gasteiger partial charge in [0.15, 0.2) is 0 Å². The topological polar surface area (TPSA) is 26.3 Å². The molecular formula is C13H12O2P2. The predicted octanol–water partition coefficient (Wildman–Crippen LogP) is 3.00. The summed E-state index contributed by atoms with van der Waals surface area (Å²) in [5, 5.41) is 1.28. The first-order valence-corrected chi connectivity index (χ1v) is 7.35. The molecule has 2 aromatic rings. The van der Waals surface area contributed by atoms with Crippen LogP contribution in [-0.4, -0.2) is 5.66 Å². The average Bonchev–Trinajstić information content (AvgIpc) is 3.04. The normalized spacial score (nSPS) is 18.9. The molecular weight excluding hydrogens is 250 g/mol. The molecule has 1 aliphatic rings. The summed E-state index contributed by atoms with van der Waals surface area (Å²) in [6, 6.07) is 7.91. The molecule has 86 valence electrons. The first-order chi connectivity index (χ1) is 8.36. The Kier molecular flexibility index (Phi) is 3.01. The van der Waals surface area contributed by atoms with Gasteiger partial charge in [-0.1, -0.05) is 18.2 Å². The van der Waals surface area contributed by atoms with Crippen LogP contribution in [0.25, 0.3) is 0 Å². The van der Waals surface area contributed by atoms with E-state index in [9.17, 15) is 0 Å². The van der Waals surface area contributed by atoms with Gasteiger partial charge in [0.05, 0.1) is 12.5 Å². The van der Waals surface area contributed by atoms with Crippen LogP contribution in [0.4, 0.5) is 0 Å². The fourth-order valence-electron chi connectivity index (χ4n) is 1.91. The highest BCUT2D eigenvalue weighted by Gasteiger charge is 2.30. The van der Waals surface area contributed by atoms with E-state index in [1.54, 1.807) is 12.5 Å². The van der Waals surface area contributed by atoms with E-state index in [1.807, 2.05) is 24.3 Å². The quantitative estimate of drug-likeness (QED) is 0.795. The third-order valence-corrected chi connectivity index (χ3v) is 6.01. The molecule has 0 fully saturated rings. The monoisotopic (exact) mass is 262 g/mol. The van der Waals surface area contributed by atoms with Crippen molar-refractivity contribution in [1.82, 2.24) is 0 Å². The second-order valence-corrected chi connectivity index (χ2v) is 6.61. The van der Waals surface area contributed by atoms with Crippen molar-refractivity contribution in [2.24, 2.45) is 0 Å². The molecule has 3 rings (SSSR count). The molecule has 2 heterocycles. The van der Waals surface area contributed by atoms with Crippen molar-refractivity contribution in [2.45, 2.75) is 5.66 Å². The summed E-state index contributed by atoms with van der Waals surface area (Å²) in [7, 11) is 2.18. The molecule has 0 N–H and O–H groups in total. The molecule has 2 aromatic heterocycles. The molecule has 1 aliphatic carbocycles. The zero-order chi connectivity index (χ0) is 11.7. The van der Waals surface area contributed by atoms with E-state index in [-0.39, 0.29) is 0 Å². The Labute approximate surface area is 103 Å². The lowest BCUT2D eigenvalue weighted by atomic mass is 10.5. The highest BCUT2D eigenvalue weighted by Crippen LogP contribution is 2.47. The van der Waals surface area contributed by atoms with Crippen LogP contribution in [0.3, 0.4) is 0 Å². The molecule has 0 radical (unpaired) electrons. The molecule has 0 bridgehead atoms. The highest BCUT2D eigenvalue weighted by atomic mass is 31.1. The Morgan fingerprint density at radius 2 is 1.71 bits per heavy atom. The summed E-state index contributed by atoms with van der Waals surface area (Å²) in [6.45, 7) is 0. The van der Waals surface area contributed by atoms with Crippen molar-refractivity contribution >= 4 is 28.2 Å². The molecule has 4 heteroatoms. The molecule has 1 unspecified atom stereocenters. The van der Waals surface area contributed by atoms with E-state index < -0.39 is 7.92 Å². The van der Waals surface area contributed by atoms with Gasteiger partial charge in [0.2, 0.25) is 0 Å². The molecule has 0 saturated carbocycles. The maximum atomic E-state index is 5.58. The van der Waals surface area contributed by atoms with Crippen molar-refractivity contribution < 1.29 is 8.83 Å². The van der Waals surface area contributed by atoms with Gasteiger partial charge in [-0.15, -0.1) is 9.24 Å². The van der Waals surface area contributed by atoms with E-state index in [0.717, 1.165) is 11.0 Å². The molecule has 0 aliphatic heterocycles. The van der Waals surface area contributed by atoms with Crippen molar-refractivity contribution in [1.29, 1.82) is 0 Å². The summed E-state index contributed by atoms with van der Waals surface area (Å²) in [6.07, 6.45) is 9.86. The summed E-state index contributed by atoms with van der Waals surface area (Å²) < 4.78 is 11.2. The standard InChI is InChI=1S/C13H12O2P2/c16-10-4-1-5-11(10)17(12-6-2-8-14-12)13-7-3-9-15-13/h1-9,11H,16H2/t11-/m1/s1. The van der Waals surface area contributed by atoms with E-state index in [4.69, 9.17) is 8.83 Å². The van der Waals surface area contributed by atoms with Crippen LogP contribution >= 0.6 is 17.2 Å². The van der Waals surface area contributed by atoms with Gasteiger partial charge in [-0.3, -0.25) is 0 Å². The van der Waals surface area contributed by atoms with Gasteiger partial charge in [-0.25, -0.2) is 0 Å². The second kappa shape index (κ2) is 4.64. The Morgan fingerprint density at radius 3 is 2.12 bits per heavy atom. The fraction of sp³-hybridized carbons (Fsp3) is 0.0769. The number of rotatable bonds is 3. The lowest BCUT2D eigenvalue weighted by Gasteiger charge is -2.19. The Balaban J connectivity index is 2.03. The number of hydrogen-bond donors (Lipinski definition) is 0. The summed E-state index contributed by atoms with van der Waals surface area (Å²) in [5.74, 6) is 0. The van der Waals surface area contributed by atoms with Crippen molar-refractivity contribution in [2.75, 3.05) is 0 Å². The van der Waals surface area contributed by atoms with E-state index in [1.165, 1.54) is 5.31 Å². The number of furan rings is 2. The summed E-state index contributed by atoms with van der Waals surface area (Å²) in [5.41, 5.74) is 2.35. The maximum Gasteiger partial charge on any atom is 0.134 e. The van der Waals surface area contributed by atoms with Crippen LogP contribution < -0.4 is 11.0 Å². The zero-order valence-electron chi connectivity index (χ0n) is 9.11. The van der Waals surface area contributed by atoms with Gasteiger partial charge >= 0.3 is 0 Å². The average molecular weight is 262 g/mol. The van der Waals surface area contributed by atoms with Crippen molar-refractivity contribution in [3.05, 3.63) is 60.3 Å². The first-order valence-electron chi connectivity index (χ1n) is 5.36. The zero-order valence-corrected chi connectivity index (χ0v) is 11.2. The molecule has 0 amide bonds. The second-order valence-electron chi connectivity index (χ2n) is 3.77. The lowest BCUT2D eigenvalue weighted by molar-refractivity contribution is 0.592. The molecule has 0 aromatic carbocycles. The Bertz CT molecular complexity index is 504. The van der Waals surface area contributed by atoms with Crippen molar-refractivity contribution in [3.8, 4) is 0 Å². The first kappa shape index (κ1) is 11.0. The van der Waals surface area contributed by atoms with Gasteiger partial charge in [-0.2, -0.15) is 0 Å². The molecule has 17 heavy (non-hydrogen) atoms. The van der Waals surface area contributed by atoms with E-state index in [0.29, 0.717) is 5.66 Å². The van der Waals surface area contributed by atoms with Gasteiger partial charge in [-0.05, 0) is 29.6 Å². The van der Waals surface area contributed by atoms with E-state index >= 15 is 0 Å². The minimum Gasteiger partial charge on any atom is -0.464 e. The van der Waals surface area contributed by atoms with Gasteiger partial charge in [0.25, 0.3) is 0 Å². The third-order valence-electron chi connectivity index (χ3n) is 2.69. The summed E-state index contributed by atoms with van der Waals surface area (Å²) >= 11 is 0. The van der Waals surface area contributed by atoms with Gasteiger partial charge < -0.3 is 8.83 Å². The Hall–Kier alpha value is -1.10. The SMILES string of the molecule is PC1=CC=C[C@H]1P(c1ccco1)c1ccco1. The molecule has 0 spiro atoms.